The van der Waals surface area contributed by atoms with Gasteiger partial charge in [0.25, 0.3) is 0 Å². The third-order valence-electron chi connectivity index (χ3n) is 4.02. The molecule has 18 heavy (non-hydrogen) atoms. The molecular formula is C15H19ClN2. The van der Waals surface area contributed by atoms with Gasteiger partial charge in [0.2, 0.25) is 0 Å². The molecule has 0 spiro atoms. The molecule has 0 aliphatic carbocycles. The number of hydrogen-bond acceptors (Lipinski definition) is 2. The van der Waals surface area contributed by atoms with E-state index in [0.29, 0.717) is 0 Å². The highest BCUT2D eigenvalue weighted by Gasteiger charge is 2.23. The van der Waals surface area contributed by atoms with Crippen molar-refractivity contribution in [3.05, 3.63) is 27.8 Å². The van der Waals surface area contributed by atoms with Crippen molar-refractivity contribution in [3.63, 3.8) is 0 Å². The van der Waals surface area contributed by atoms with Gasteiger partial charge in [-0.1, -0.05) is 24.1 Å². The molecule has 1 aromatic carbocycles. The number of nitrogens with zero attached hydrogens (tertiary/aromatic N) is 2. The quantitative estimate of drug-likeness (QED) is 0.678. The van der Waals surface area contributed by atoms with Gasteiger partial charge in [0.05, 0.1) is 5.69 Å². The van der Waals surface area contributed by atoms with Crippen LogP contribution in [0.25, 0.3) is 0 Å². The highest BCUT2D eigenvalue weighted by atomic mass is 35.5. The number of fused-ring (bicyclic) bond motifs is 2. The molecule has 2 heterocycles. The van der Waals surface area contributed by atoms with Crippen molar-refractivity contribution >= 4 is 23.1 Å². The van der Waals surface area contributed by atoms with Crippen LogP contribution in [0, 0.1) is 13.8 Å². The van der Waals surface area contributed by atoms with Crippen LogP contribution in [0.5, 0.6) is 0 Å². The Morgan fingerprint density at radius 1 is 1.22 bits per heavy atom. The number of halogens is 1. The van der Waals surface area contributed by atoms with Gasteiger partial charge in [-0.2, -0.15) is 0 Å². The SMILES string of the molecule is Cc1cc2c(c(C)c1Cl)N=C1CCCCCN1C2. The lowest BCUT2D eigenvalue weighted by atomic mass is 10.0. The van der Waals surface area contributed by atoms with Gasteiger partial charge >= 0.3 is 0 Å². The maximum Gasteiger partial charge on any atom is 0.105 e. The maximum absolute atomic E-state index is 6.34. The third-order valence-corrected chi connectivity index (χ3v) is 4.60. The third kappa shape index (κ3) is 1.93. The molecule has 0 N–H and O–H groups in total. The Kier molecular flexibility index (Phi) is 3.06. The van der Waals surface area contributed by atoms with Crippen molar-refractivity contribution in [1.82, 2.24) is 4.90 Å². The number of aliphatic imine (C=N–C) groups is 1. The summed E-state index contributed by atoms with van der Waals surface area (Å²) in [5.41, 5.74) is 4.77. The first-order valence-corrected chi connectivity index (χ1v) is 7.15. The first-order valence-electron chi connectivity index (χ1n) is 6.78. The summed E-state index contributed by atoms with van der Waals surface area (Å²) in [5.74, 6) is 1.27. The van der Waals surface area contributed by atoms with Gasteiger partial charge in [-0.3, -0.25) is 0 Å². The molecule has 2 aliphatic rings. The van der Waals surface area contributed by atoms with Crippen molar-refractivity contribution in [1.29, 1.82) is 0 Å². The van der Waals surface area contributed by atoms with Crippen molar-refractivity contribution in [2.45, 2.75) is 46.1 Å². The molecule has 0 amide bonds. The Labute approximate surface area is 114 Å². The lowest BCUT2D eigenvalue weighted by Gasteiger charge is -2.30. The van der Waals surface area contributed by atoms with E-state index in [9.17, 15) is 0 Å². The van der Waals surface area contributed by atoms with E-state index in [2.05, 4.69) is 24.8 Å². The molecule has 0 aromatic heterocycles. The summed E-state index contributed by atoms with van der Waals surface area (Å²) in [7, 11) is 0. The average Bonchev–Trinajstić information content (AvgIpc) is 2.59. The van der Waals surface area contributed by atoms with Gasteiger partial charge in [0.1, 0.15) is 5.84 Å². The van der Waals surface area contributed by atoms with Crippen molar-refractivity contribution in [2.75, 3.05) is 6.54 Å². The molecule has 2 nitrogen and oxygen atoms in total. The second-order valence-electron chi connectivity index (χ2n) is 5.40. The fourth-order valence-electron chi connectivity index (χ4n) is 2.99. The van der Waals surface area contributed by atoms with E-state index >= 15 is 0 Å². The van der Waals surface area contributed by atoms with Gasteiger partial charge in [-0.15, -0.1) is 0 Å². The highest BCUT2D eigenvalue weighted by Crippen LogP contribution is 2.37. The standard InChI is InChI=1S/C15H19ClN2/c1-10-8-12-9-18-7-5-3-4-6-13(18)17-15(12)11(2)14(10)16/h8H,3-7,9H2,1-2H3. The summed E-state index contributed by atoms with van der Waals surface area (Å²) >= 11 is 6.34. The van der Waals surface area contributed by atoms with E-state index in [1.807, 2.05) is 0 Å². The average molecular weight is 263 g/mol. The van der Waals surface area contributed by atoms with E-state index in [0.717, 1.165) is 35.8 Å². The van der Waals surface area contributed by atoms with Crippen LogP contribution in [-0.4, -0.2) is 17.3 Å². The smallest absolute Gasteiger partial charge is 0.105 e. The molecule has 0 radical (unpaired) electrons. The molecule has 1 fully saturated rings. The summed E-state index contributed by atoms with van der Waals surface area (Å²) in [6, 6.07) is 2.20. The van der Waals surface area contributed by atoms with Crippen molar-refractivity contribution in [2.24, 2.45) is 4.99 Å². The fourth-order valence-corrected chi connectivity index (χ4v) is 3.14. The van der Waals surface area contributed by atoms with Crippen LogP contribution in [0.15, 0.2) is 11.1 Å². The van der Waals surface area contributed by atoms with Crippen LogP contribution >= 0.6 is 11.6 Å². The van der Waals surface area contributed by atoms with Gasteiger partial charge in [0.15, 0.2) is 0 Å². The van der Waals surface area contributed by atoms with E-state index < -0.39 is 0 Å². The Morgan fingerprint density at radius 2 is 2.06 bits per heavy atom. The minimum Gasteiger partial charge on any atom is -0.356 e. The zero-order valence-electron chi connectivity index (χ0n) is 11.1. The largest absolute Gasteiger partial charge is 0.356 e. The predicted octanol–water partition coefficient (Wildman–Crippen LogP) is 4.38. The molecule has 3 heteroatoms. The number of hydrogen-bond donors (Lipinski definition) is 0. The molecule has 1 aromatic rings. The Hall–Kier alpha value is -1.02. The molecular weight excluding hydrogens is 244 g/mol. The molecule has 3 rings (SSSR count). The number of amidine groups is 1. The normalized spacial score (nSPS) is 18.8. The van der Waals surface area contributed by atoms with Crippen molar-refractivity contribution < 1.29 is 0 Å². The summed E-state index contributed by atoms with van der Waals surface area (Å²) < 4.78 is 0. The zero-order chi connectivity index (χ0) is 12.7. The van der Waals surface area contributed by atoms with Crippen LogP contribution in [-0.2, 0) is 6.54 Å². The number of aryl methyl sites for hydroxylation is 1. The topological polar surface area (TPSA) is 15.6 Å². The van der Waals surface area contributed by atoms with Gasteiger partial charge in [-0.05, 0) is 43.4 Å². The first-order chi connectivity index (χ1) is 8.66. The molecule has 0 unspecified atom stereocenters. The molecule has 0 bridgehead atoms. The Bertz CT molecular complexity index is 520. The van der Waals surface area contributed by atoms with Crippen LogP contribution in [0.1, 0.15) is 42.4 Å². The van der Waals surface area contributed by atoms with Crippen LogP contribution in [0.2, 0.25) is 5.02 Å². The van der Waals surface area contributed by atoms with Crippen LogP contribution in [0.3, 0.4) is 0 Å². The summed E-state index contributed by atoms with van der Waals surface area (Å²) in [6.07, 6.45) is 5.00. The van der Waals surface area contributed by atoms with Gasteiger partial charge in [0, 0.05) is 24.5 Å². The van der Waals surface area contributed by atoms with Gasteiger partial charge in [-0.25, -0.2) is 4.99 Å². The number of benzene rings is 1. The maximum atomic E-state index is 6.34. The Balaban J connectivity index is 2.09. The highest BCUT2D eigenvalue weighted by molar-refractivity contribution is 6.32. The Morgan fingerprint density at radius 3 is 2.89 bits per heavy atom. The van der Waals surface area contributed by atoms with E-state index in [-0.39, 0.29) is 0 Å². The van der Waals surface area contributed by atoms with Crippen LogP contribution < -0.4 is 0 Å². The monoisotopic (exact) mass is 262 g/mol. The summed E-state index contributed by atoms with van der Waals surface area (Å²) in [6.45, 7) is 6.33. The second-order valence-corrected chi connectivity index (χ2v) is 5.78. The van der Waals surface area contributed by atoms with E-state index in [4.69, 9.17) is 16.6 Å². The lowest BCUT2D eigenvalue weighted by molar-refractivity contribution is 0.403. The lowest BCUT2D eigenvalue weighted by Crippen LogP contribution is -2.32. The van der Waals surface area contributed by atoms with Crippen LogP contribution in [0.4, 0.5) is 5.69 Å². The molecule has 1 saturated heterocycles. The molecule has 96 valence electrons. The number of rotatable bonds is 0. The molecule has 2 aliphatic heterocycles. The second kappa shape index (κ2) is 4.58. The minimum atomic E-state index is 0.875. The fraction of sp³-hybridized carbons (Fsp3) is 0.533. The van der Waals surface area contributed by atoms with E-state index in [1.54, 1.807) is 0 Å². The molecule has 0 atom stereocenters. The molecule has 0 saturated carbocycles. The summed E-state index contributed by atoms with van der Waals surface area (Å²) in [5, 5.41) is 0.875. The van der Waals surface area contributed by atoms with Crippen molar-refractivity contribution in [3.8, 4) is 0 Å². The summed E-state index contributed by atoms with van der Waals surface area (Å²) in [4.78, 5) is 7.33. The zero-order valence-corrected chi connectivity index (χ0v) is 11.8. The van der Waals surface area contributed by atoms with E-state index in [1.165, 1.54) is 36.2 Å². The van der Waals surface area contributed by atoms with Gasteiger partial charge < -0.3 is 4.90 Å². The minimum absolute atomic E-state index is 0.875. The predicted molar refractivity (Wildman–Crippen MR) is 76.9 cm³/mol. The first kappa shape index (κ1) is 12.0.